The van der Waals surface area contributed by atoms with Gasteiger partial charge >= 0.3 is 5.97 Å². The van der Waals surface area contributed by atoms with Gasteiger partial charge in [-0.1, -0.05) is 43.6 Å². The van der Waals surface area contributed by atoms with E-state index >= 15 is 0 Å². The van der Waals surface area contributed by atoms with E-state index in [0.29, 0.717) is 31.4 Å². The van der Waals surface area contributed by atoms with E-state index in [1.165, 1.54) is 18.9 Å². The van der Waals surface area contributed by atoms with Crippen LogP contribution >= 0.6 is 46.5 Å². The molecule has 1 aliphatic rings. The third-order valence-electron chi connectivity index (χ3n) is 6.74. The Morgan fingerprint density at radius 1 is 1.26 bits per heavy atom. The number of Topliss-reactive ketones (excluding diaryl/α,β-unsaturated/α-hetero) is 1. The molecule has 2 N–H and O–H groups in total. The highest BCUT2D eigenvalue weighted by Gasteiger charge is 2.54. The number of halogens is 1. The molecule has 194 valence electrons. The molecule has 4 unspecified atom stereocenters. The monoisotopic (exact) mass is 558 g/mol. The van der Waals surface area contributed by atoms with Gasteiger partial charge in [-0.15, -0.1) is 11.3 Å². The van der Waals surface area contributed by atoms with Gasteiger partial charge in [0.25, 0.3) is 0 Å². The van der Waals surface area contributed by atoms with Crippen LogP contribution in [-0.2, 0) is 20.7 Å². The number of rotatable bonds is 13. The Labute approximate surface area is 225 Å². The van der Waals surface area contributed by atoms with Gasteiger partial charge in [-0.3, -0.25) is 9.59 Å². The molecule has 35 heavy (non-hydrogen) atoms. The topological polar surface area (TPSA) is 83.8 Å². The number of ether oxygens (including phenoxy) is 1. The first-order valence-corrected chi connectivity index (χ1v) is 15.4. The van der Waals surface area contributed by atoms with Crippen LogP contribution in [0, 0.1) is 11.3 Å². The summed E-state index contributed by atoms with van der Waals surface area (Å²) in [7, 11) is 1.38. The summed E-state index contributed by atoms with van der Waals surface area (Å²) in [5.41, 5.74) is -0.780. The van der Waals surface area contributed by atoms with Gasteiger partial charge in [0.15, 0.2) is 5.78 Å². The molecule has 4 atom stereocenters. The number of fused-ring (bicyclic) bond motifs is 1. The van der Waals surface area contributed by atoms with Crippen LogP contribution in [0.25, 0.3) is 10.1 Å². The summed E-state index contributed by atoms with van der Waals surface area (Å²) in [5.74, 6) is 1.63. The minimum absolute atomic E-state index is 0.0914. The normalized spacial score (nSPS) is 22.6. The molecule has 9 heteroatoms. The van der Waals surface area contributed by atoms with Crippen LogP contribution in [0.5, 0.6) is 0 Å². The maximum Gasteiger partial charge on any atom is 0.315 e. The second-order valence-electron chi connectivity index (χ2n) is 9.57. The maximum atomic E-state index is 13.1. The Balaban J connectivity index is 1.49. The fraction of sp³-hybridized carbons (Fsp3) is 0.615. The number of methoxy groups -OCH3 is 1. The maximum absolute atomic E-state index is 13.1. The van der Waals surface area contributed by atoms with Crippen molar-refractivity contribution >= 4 is 68.3 Å². The molecular formula is C26H35ClO5S3. The number of thiophene rings is 1. The molecule has 0 aliphatic heterocycles. The number of thioether (sulfide) groups is 2. The van der Waals surface area contributed by atoms with Crippen molar-refractivity contribution < 1.29 is 24.5 Å². The average Bonchev–Trinajstić information content (AvgIpc) is 3.25. The number of aliphatic hydroxyl groups is 2. The minimum atomic E-state index is -0.780. The largest absolute Gasteiger partial charge is 0.468 e. The molecule has 0 saturated heterocycles. The quantitative estimate of drug-likeness (QED) is 0.244. The first-order valence-electron chi connectivity index (χ1n) is 12.0. The summed E-state index contributed by atoms with van der Waals surface area (Å²) in [6.07, 6.45) is 2.10. The molecule has 1 saturated carbocycles. The lowest BCUT2D eigenvalue weighted by Crippen LogP contribution is -2.32. The fourth-order valence-electron chi connectivity index (χ4n) is 4.55. The number of carbonyl (C=O) groups excluding carboxylic acids is 2. The van der Waals surface area contributed by atoms with E-state index in [2.05, 4.69) is 10.8 Å². The van der Waals surface area contributed by atoms with E-state index in [1.54, 1.807) is 23.1 Å². The first-order chi connectivity index (χ1) is 16.7. The summed E-state index contributed by atoms with van der Waals surface area (Å²) in [6.45, 7) is 3.64. The lowest BCUT2D eigenvalue weighted by molar-refractivity contribution is -0.137. The molecule has 1 aliphatic carbocycles. The second-order valence-corrected chi connectivity index (χ2v) is 13.4. The van der Waals surface area contributed by atoms with Crippen LogP contribution < -0.4 is 0 Å². The molecule has 0 amide bonds. The Morgan fingerprint density at radius 3 is 2.71 bits per heavy atom. The molecule has 1 aromatic carbocycles. The lowest BCUT2D eigenvalue weighted by atomic mass is 9.85. The Kier molecular flexibility index (Phi) is 10.8. The highest BCUT2D eigenvalue weighted by atomic mass is 35.5. The number of aryl methyl sites for hydroxylation is 1. The molecule has 1 fully saturated rings. The Bertz CT molecular complexity index is 1010. The molecule has 0 bridgehead atoms. The van der Waals surface area contributed by atoms with Gasteiger partial charge in [-0.25, -0.2) is 0 Å². The Morgan fingerprint density at radius 2 is 2.00 bits per heavy atom. The smallest absolute Gasteiger partial charge is 0.315 e. The van der Waals surface area contributed by atoms with Gasteiger partial charge < -0.3 is 14.9 Å². The molecular weight excluding hydrogens is 524 g/mol. The molecule has 5 nitrogen and oxygen atoms in total. The van der Waals surface area contributed by atoms with Crippen molar-refractivity contribution in [2.24, 2.45) is 11.3 Å². The number of esters is 1. The zero-order valence-corrected chi connectivity index (χ0v) is 23.7. The fourth-order valence-corrected chi connectivity index (χ4v) is 8.61. The van der Waals surface area contributed by atoms with Crippen LogP contribution in [0.15, 0.2) is 24.3 Å². The zero-order chi connectivity index (χ0) is 25.6. The number of hydrogen-bond acceptors (Lipinski definition) is 8. The highest BCUT2D eigenvalue weighted by molar-refractivity contribution is 8.01. The van der Waals surface area contributed by atoms with Gasteiger partial charge in [-0.05, 0) is 49.7 Å². The third kappa shape index (κ3) is 7.17. The number of hydrogen-bond donors (Lipinski definition) is 2. The molecule has 0 spiro atoms. The summed E-state index contributed by atoms with van der Waals surface area (Å²) in [4.78, 5) is 25.3. The lowest BCUT2D eigenvalue weighted by Gasteiger charge is -2.25. The molecule has 1 heterocycles. The van der Waals surface area contributed by atoms with Crippen LogP contribution in [0.4, 0.5) is 0 Å². The number of carbonyl (C=O) groups is 2. The van der Waals surface area contributed by atoms with Crippen LogP contribution in [0.1, 0.15) is 44.4 Å². The predicted molar refractivity (Wildman–Crippen MR) is 149 cm³/mol. The van der Waals surface area contributed by atoms with Gasteiger partial charge in [0.2, 0.25) is 0 Å². The molecule has 1 aromatic heterocycles. The zero-order valence-electron chi connectivity index (χ0n) is 20.5. The van der Waals surface area contributed by atoms with E-state index in [9.17, 15) is 19.8 Å². The third-order valence-corrected chi connectivity index (χ3v) is 11.0. The number of aliphatic hydroxyl groups excluding tert-OH is 2. The number of ketones is 1. The standard InChI is InChI=1S/C26H35ClO5S3/c1-26(2)24(30)18(23(25(26)31)34-14-6-13-33-15-21(29)32-3)11-9-16(28)10-12-20-22(27)17-7-4-5-8-19(17)35-20/h4-5,7-8,16,18,23-24,28,30H,6,9-15H2,1-3H3. The first kappa shape index (κ1) is 28.8. The second kappa shape index (κ2) is 13.2. The van der Waals surface area contributed by atoms with Crippen LogP contribution in [0.2, 0.25) is 5.02 Å². The van der Waals surface area contributed by atoms with Crippen molar-refractivity contribution in [1.29, 1.82) is 0 Å². The van der Waals surface area contributed by atoms with E-state index in [-0.39, 0.29) is 22.9 Å². The Hall–Kier alpha value is -0.770. The van der Waals surface area contributed by atoms with E-state index in [4.69, 9.17) is 11.6 Å². The van der Waals surface area contributed by atoms with E-state index in [0.717, 1.165) is 37.9 Å². The summed E-state index contributed by atoms with van der Waals surface area (Å²) >= 11 is 11.3. The van der Waals surface area contributed by atoms with Crippen molar-refractivity contribution in [3.05, 3.63) is 34.2 Å². The molecule has 2 aromatic rings. The molecule has 3 rings (SSSR count). The van der Waals surface area contributed by atoms with Gasteiger partial charge in [0.1, 0.15) is 0 Å². The van der Waals surface area contributed by atoms with Gasteiger partial charge in [0, 0.05) is 20.9 Å². The van der Waals surface area contributed by atoms with Crippen molar-refractivity contribution in [3.63, 3.8) is 0 Å². The van der Waals surface area contributed by atoms with Crippen molar-refractivity contribution in [2.45, 2.75) is 63.4 Å². The highest BCUT2D eigenvalue weighted by Crippen LogP contribution is 2.46. The van der Waals surface area contributed by atoms with Crippen molar-refractivity contribution in [2.75, 3.05) is 24.4 Å². The van der Waals surface area contributed by atoms with Crippen molar-refractivity contribution in [3.8, 4) is 0 Å². The SMILES string of the molecule is COC(=O)CSCCCSC1C(=O)C(C)(C)C(O)C1CCC(O)CCc1sc2ccccc2c1Cl. The minimum Gasteiger partial charge on any atom is -0.468 e. The van der Waals surface area contributed by atoms with Gasteiger partial charge in [0.05, 0.1) is 40.8 Å². The van der Waals surface area contributed by atoms with E-state index in [1.807, 2.05) is 32.0 Å². The van der Waals surface area contributed by atoms with Crippen molar-refractivity contribution in [1.82, 2.24) is 0 Å². The number of benzene rings is 1. The van der Waals surface area contributed by atoms with E-state index < -0.39 is 17.6 Å². The van der Waals surface area contributed by atoms with Crippen LogP contribution in [-0.4, -0.2) is 63.8 Å². The molecule has 0 radical (unpaired) electrons. The average molecular weight is 559 g/mol. The summed E-state index contributed by atoms with van der Waals surface area (Å²) in [6, 6.07) is 8.05. The summed E-state index contributed by atoms with van der Waals surface area (Å²) in [5, 5.41) is 23.2. The predicted octanol–water partition coefficient (Wildman–Crippen LogP) is 5.61. The van der Waals surface area contributed by atoms with Crippen LogP contribution in [0.3, 0.4) is 0 Å². The summed E-state index contributed by atoms with van der Waals surface area (Å²) < 4.78 is 5.80. The van der Waals surface area contributed by atoms with Gasteiger partial charge in [-0.2, -0.15) is 23.5 Å².